The van der Waals surface area contributed by atoms with Crippen LogP contribution in [-0.4, -0.2) is 256 Å². The number of hydrogen-bond donors (Lipinski definition) is 5. The number of nitrogens with zero attached hydrogens (tertiary/aromatic N) is 2. The number of esters is 7. The molecule has 35 nitrogen and oxygen atoms in total. The monoisotopic (exact) mass is 1700 g/mol. The van der Waals surface area contributed by atoms with E-state index in [0.717, 1.165) is 77.0 Å². The smallest absolute Gasteiger partial charge is 0.307 e. The lowest BCUT2D eigenvalue weighted by molar-refractivity contribution is -0.262. The second kappa shape index (κ2) is 59.7. The van der Waals surface area contributed by atoms with Gasteiger partial charge in [0.25, 0.3) is 5.91 Å². The number of amides is 6. The second-order valence-corrected chi connectivity index (χ2v) is 31.3. The highest BCUT2D eigenvalue weighted by molar-refractivity contribution is 5.85. The zero-order valence-electron chi connectivity index (χ0n) is 72.8. The van der Waals surface area contributed by atoms with Gasteiger partial charge in [-0.1, -0.05) is 105 Å². The Labute approximate surface area is 701 Å². The highest BCUT2D eigenvalue weighted by atomic mass is 16.7. The third-order valence-electron chi connectivity index (χ3n) is 20.9. The van der Waals surface area contributed by atoms with Gasteiger partial charge in [-0.05, 0) is 70.6 Å². The summed E-state index contributed by atoms with van der Waals surface area (Å²) in [6.45, 7) is 20.3. The molecule has 3 fully saturated rings. The van der Waals surface area contributed by atoms with Crippen LogP contribution < -0.4 is 21.3 Å². The van der Waals surface area contributed by atoms with Gasteiger partial charge in [0, 0.05) is 158 Å². The van der Waals surface area contributed by atoms with Crippen molar-refractivity contribution in [1.82, 2.24) is 31.1 Å². The quantitative estimate of drug-likeness (QED) is 0.0220. The van der Waals surface area contributed by atoms with Crippen molar-refractivity contribution in [2.24, 2.45) is 17.8 Å². The lowest BCUT2D eigenvalue weighted by Crippen LogP contribution is -2.62. The fraction of sp³-hybridized carbons (Fsp3) is 0.821. The molecule has 7 unspecified atom stereocenters. The molecule has 0 radical (unpaired) electrons. The number of hydrogen-bond acceptors (Lipinski definition) is 28. The predicted molar refractivity (Wildman–Crippen MR) is 429 cm³/mol. The van der Waals surface area contributed by atoms with Crippen LogP contribution in [0.1, 0.15) is 276 Å². The molecule has 680 valence electrons. The Morgan fingerprint density at radius 2 is 0.714 bits per heavy atom. The molecule has 5 N–H and O–H groups in total. The van der Waals surface area contributed by atoms with Gasteiger partial charge >= 0.3 is 47.8 Å². The molecule has 0 aliphatic carbocycles. The lowest BCUT2D eigenvalue weighted by Gasteiger charge is -2.44. The van der Waals surface area contributed by atoms with Gasteiger partial charge in [-0.15, -0.1) is 0 Å². The topological polar surface area (TPSA) is 451 Å². The van der Waals surface area contributed by atoms with Gasteiger partial charge in [-0.2, -0.15) is 0 Å². The van der Waals surface area contributed by atoms with Crippen molar-refractivity contribution < 1.29 is 139 Å². The second-order valence-electron chi connectivity index (χ2n) is 31.3. The van der Waals surface area contributed by atoms with E-state index in [-0.39, 0.29) is 107 Å². The molecule has 3 heterocycles. The van der Waals surface area contributed by atoms with Crippen LogP contribution in [0.5, 0.6) is 0 Å². The summed E-state index contributed by atoms with van der Waals surface area (Å²) in [4.78, 5) is 190. The van der Waals surface area contributed by atoms with Gasteiger partial charge in [0.2, 0.25) is 29.5 Å². The molecule has 0 saturated carbocycles. The van der Waals surface area contributed by atoms with E-state index < -0.39 is 164 Å². The molecule has 119 heavy (non-hydrogen) atoms. The van der Waals surface area contributed by atoms with Crippen LogP contribution in [0.2, 0.25) is 0 Å². The minimum absolute atomic E-state index is 0.0872. The van der Waals surface area contributed by atoms with Gasteiger partial charge in [-0.25, -0.2) is 0 Å². The summed E-state index contributed by atoms with van der Waals surface area (Å²) in [5.74, 6) is -8.23. The number of carbonyl (C=O) groups is 15. The Balaban J connectivity index is 1.60. The minimum atomic E-state index is -1.21. The van der Waals surface area contributed by atoms with Crippen molar-refractivity contribution in [2.75, 3.05) is 72.4 Å². The highest BCUT2D eigenvalue weighted by Gasteiger charge is 2.50. The summed E-state index contributed by atoms with van der Waals surface area (Å²) in [6.07, 6.45) is 7.29. The number of Topliss-reactive ketones (excluding diaryl/α,β-unsaturated/α-hetero) is 1. The maximum Gasteiger partial charge on any atom is 0.307 e. The number of carboxylic acid groups (broad SMARTS) is 1. The van der Waals surface area contributed by atoms with Gasteiger partial charge in [-0.3, -0.25) is 71.9 Å². The number of carbonyl (C=O) groups excluding carboxylic acids is 14. The first kappa shape index (κ1) is 105. The van der Waals surface area contributed by atoms with E-state index in [9.17, 15) is 77.0 Å². The number of aliphatic carboxylic acids is 1. The molecule has 3 aliphatic heterocycles. The molecule has 3 saturated heterocycles. The summed E-state index contributed by atoms with van der Waals surface area (Å²) < 4.78 is 74.6. The SMILES string of the molecule is CCC(OC(=O)CCC(=O)O)C(=O)N(CCCNC(=O)CCCCCCCCO[C@@H]1OC(COC(C)=O)[C@H](OC(C)=O)[C@H](C)C1NC(C)=O)CCCN(CCCCC(=O)CCCCCCCCO[C@@H]1OC(COC(C)=O)[C@H](OC(C)=O)[C@H](C)C1NC(C)=O)C(=O)CCCCCCCCO[C@@H]1OC(COC(C)=O)[C@H](OC(C)=O)[C@H](C)C1NC(C)=O. The highest BCUT2D eigenvalue weighted by Crippen LogP contribution is 2.34. The summed E-state index contributed by atoms with van der Waals surface area (Å²) in [7, 11) is 0. The first-order valence-electron chi connectivity index (χ1n) is 42.9. The Bertz CT molecular complexity index is 3140. The van der Waals surface area contributed by atoms with E-state index in [2.05, 4.69) is 21.3 Å². The molecule has 0 aromatic carbocycles. The van der Waals surface area contributed by atoms with Crippen molar-refractivity contribution in [3.8, 4) is 0 Å². The van der Waals surface area contributed by atoms with E-state index in [1.807, 2.05) is 0 Å². The third kappa shape index (κ3) is 44.4. The fourth-order valence-corrected chi connectivity index (χ4v) is 14.7. The number of carboxylic acids is 1. The standard InChI is InChI=1S/C84H140N6O29/c1-14-67(116-74(105)42-41-73(103)104)81(106)90(45-35-43-85-71(101)39-28-22-16-19-25-33-49-108-83-76(87-58(6)92)55(3)79(114-64(12)98)69(118-83)52-111-61(9)95)47-36-46-89(72(102)40-29-23-17-20-26-34-50-109-84-77(88-59(7)93)56(4)80(115-65(13)99)70(119-84)53-112-62(10)96)44-31-30-38-66(100)37-27-21-15-18-24-32-48-107-82-75(86-57(5)91)54(2)78(113-63(11)97)68(117-82)51-110-60(8)94/h54-56,67-70,75-80,82-84H,14-53H2,1-13H3,(H,85,101)(H,86,91)(H,87,92)(H,88,93)(H,103,104)/t54-,55-,56-,67?,68?,69?,70?,75?,76?,77?,78-,79-,80-,82-,83-,84-/m1/s1. The number of ether oxygens (including phenoxy) is 13. The fourth-order valence-electron chi connectivity index (χ4n) is 14.7. The molecule has 0 bridgehead atoms. The molecular formula is C84H140N6O29. The largest absolute Gasteiger partial charge is 0.481 e. The van der Waals surface area contributed by atoms with E-state index >= 15 is 0 Å². The van der Waals surface area contributed by atoms with Crippen molar-refractivity contribution in [2.45, 2.75) is 356 Å². The van der Waals surface area contributed by atoms with Crippen LogP contribution >= 0.6 is 0 Å². The Kier molecular flexibility index (Phi) is 52.8. The summed E-state index contributed by atoms with van der Waals surface area (Å²) in [5.41, 5.74) is 0. The number of unbranched alkanes of at least 4 members (excludes halogenated alkanes) is 16. The minimum Gasteiger partial charge on any atom is -0.481 e. The van der Waals surface area contributed by atoms with Crippen LogP contribution in [-0.2, 0) is 133 Å². The van der Waals surface area contributed by atoms with E-state index in [1.165, 1.54) is 62.3 Å². The number of nitrogens with one attached hydrogen (secondary N) is 4. The summed E-state index contributed by atoms with van der Waals surface area (Å²) in [6, 6.07) is -1.96. The maximum atomic E-state index is 14.3. The van der Waals surface area contributed by atoms with E-state index in [0.29, 0.717) is 96.8 Å². The molecule has 0 aromatic heterocycles. The zero-order valence-corrected chi connectivity index (χ0v) is 72.8. The molecule has 3 aliphatic rings. The normalized spacial score (nSPS) is 22.9. The number of rotatable bonds is 61. The van der Waals surface area contributed by atoms with Gasteiger partial charge in [0.15, 0.2) is 25.0 Å². The van der Waals surface area contributed by atoms with E-state index in [1.54, 1.807) is 37.5 Å². The number of ketones is 1. The lowest BCUT2D eigenvalue weighted by atomic mass is 9.88. The van der Waals surface area contributed by atoms with Crippen molar-refractivity contribution in [1.29, 1.82) is 0 Å². The van der Waals surface area contributed by atoms with Crippen molar-refractivity contribution in [3.05, 3.63) is 0 Å². The van der Waals surface area contributed by atoms with Crippen LogP contribution in [0, 0.1) is 17.8 Å². The Hall–Kier alpha value is -7.99. The van der Waals surface area contributed by atoms with Gasteiger partial charge < -0.3 is 97.8 Å². The van der Waals surface area contributed by atoms with E-state index in [4.69, 9.17) is 61.6 Å². The summed E-state index contributed by atoms with van der Waals surface area (Å²) in [5, 5.41) is 20.7. The first-order chi connectivity index (χ1) is 56.6. The van der Waals surface area contributed by atoms with Crippen LogP contribution in [0.4, 0.5) is 0 Å². The van der Waals surface area contributed by atoms with Crippen LogP contribution in [0.3, 0.4) is 0 Å². The molecule has 6 amide bonds. The van der Waals surface area contributed by atoms with Crippen LogP contribution in [0.25, 0.3) is 0 Å². The van der Waals surface area contributed by atoms with Gasteiger partial charge in [0.05, 0.1) is 31.0 Å². The first-order valence-corrected chi connectivity index (χ1v) is 42.9. The molecule has 3 rings (SSSR count). The third-order valence-corrected chi connectivity index (χ3v) is 20.9. The van der Waals surface area contributed by atoms with Crippen LogP contribution in [0.15, 0.2) is 0 Å². The van der Waals surface area contributed by atoms with Crippen molar-refractivity contribution in [3.63, 3.8) is 0 Å². The van der Waals surface area contributed by atoms with Gasteiger partial charge in [0.1, 0.15) is 62.2 Å². The molecule has 35 heteroatoms. The van der Waals surface area contributed by atoms with Crippen molar-refractivity contribution >= 4 is 89.0 Å². The molecular weight excluding hydrogens is 1560 g/mol. The molecule has 0 aromatic rings. The average molecular weight is 1700 g/mol. The molecule has 0 spiro atoms. The Morgan fingerprint density at radius 3 is 1.08 bits per heavy atom. The predicted octanol–water partition coefficient (Wildman–Crippen LogP) is 7.79. The average Bonchev–Trinajstić information content (AvgIpc) is 0.807. The molecule has 16 atom stereocenters. The summed E-state index contributed by atoms with van der Waals surface area (Å²) >= 11 is 0. The maximum absolute atomic E-state index is 14.3. The zero-order chi connectivity index (χ0) is 88.4. The Morgan fingerprint density at radius 1 is 0.378 bits per heavy atom.